The van der Waals surface area contributed by atoms with Crippen molar-refractivity contribution in [2.75, 3.05) is 91.0 Å². The third kappa shape index (κ3) is 18.4. The lowest BCUT2D eigenvalue weighted by Crippen LogP contribution is -2.58. The molecule has 9 aromatic rings. The topological polar surface area (TPSA) is 203 Å². The second-order valence-corrected chi connectivity index (χ2v) is 36.1. The predicted octanol–water partition coefficient (Wildman–Crippen LogP) is 17.7. The van der Waals surface area contributed by atoms with Crippen LogP contribution in [0, 0.1) is 29.1 Å². The molecule has 0 radical (unpaired) electrons. The molecule has 9 atom stereocenters. The Balaban J connectivity index is 0.000000157. The van der Waals surface area contributed by atoms with Crippen molar-refractivity contribution in [2.24, 2.45) is 0 Å². The minimum absolute atomic E-state index is 0.00799. The van der Waals surface area contributed by atoms with Crippen molar-refractivity contribution in [1.82, 2.24) is 43.4 Å². The van der Waals surface area contributed by atoms with E-state index in [1.165, 1.54) is 66.0 Å². The zero-order valence-electron chi connectivity index (χ0n) is 68.2. The van der Waals surface area contributed by atoms with Gasteiger partial charge in [-0.2, -0.15) is 15.0 Å². The Morgan fingerprint density at radius 2 is 0.744 bits per heavy atom. The van der Waals surface area contributed by atoms with E-state index >= 15 is 8.78 Å². The van der Waals surface area contributed by atoms with Crippen LogP contribution in [-0.2, 0) is 48.2 Å². The standard InChI is InChI=1S/C29H30Cl2F2N4O3S.C29H31Cl2FN4O3S.C29H31ClF2N4O3S/c1-5-7-40-17-13-36-26-19(28(34-29(36)39)35-11-15(3)37(16(4)12-35)24(38)6-2)9-21(31)25(27(26)41-14-17)18-8-20(30)23(33)10-22(18)32;1-5-9-39-19-14-35-26-20(11-22(31)25(27(26)40-15-19)18-7-8-23(32)21(30)10-18)28(33-29(35)38)34-12-16(3)36(17(4)13-34)24(37)6-2;1-5-9-39-19-14-35-26-21(11-22(30)25(27(26)40-15-19)20-8-7-18(31)10-23(20)32)28(33-29(35)38)34-12-16(3)36(17(4)13-34)24(37)6-2/h6,8-10,15-17H,2,5,7,11-14H2,1,3-4H3;2*6-8,10-11,16-17,19H,2,5,9,12-15H2,1,3-4H3/t15-,16+,17?;2*16-,17+,19?. The Morgan fingerprint density at radius 1 is 0.413 bits per heavy atom. The number of anilines is 3. The lowest BCUT2D eigenvalue weighted by molar-refractivity contribution is -0.131. The van der Waals surface area contributed by atoms with Gasteiger partial charge in [-0.05, 0) is 133 Å². The van der Waals surface area contributed by atoms with Crippen LogP contribution in [0.1, 0.15) is 81.6 Å². The fourth-order valence-electron chi connectivity index (χ4n) is 17.1. The van der Waals surface area contributed by atoms with Gasteiger partial charge < -0.3 is 43.6 Å². The molecule has 6 aliphatic rings. The maximum atomic E-state index is 15.2. The van der Waals surface area contributed by atoms with E-state index in [-0.39, 0.29) is 122 Å². The zero-order chi connectivity index (χ0) is 87.0. The highest BCUT2D eigenvalue weighted by atomic mass is 35.5. The first-order valence-electron chi connectivity index (χ1n) is 40.0. The molecule has 6 aromatic carbocycles. The Labute approximate surface area is 735 Å². The fraction of sp³-hybridized carbons (Fsp3) is 0.414. The molecular formula is C87H92Cl5F5N12O9S3. The monoisotopic (exact) mass is 1810 g/mol. The molecule has 15 rings (SSSR count). The SMILES string of the molecule is C=CC(=O)N1[C@H](C)CN(c2nc(=O)n3c4c(c(-c5cc(Cl)c(F)cc5F)c(Cl)cc24)SCC(OCCC)C3)C[C@@H]1C.C=CC(=O)N1[C@H](C)CN(c2nc(=O)n3c4c(c(-c5ccc(F)c(Cl)c5)c(Cl)cc24)SCC(OCCC)C3)C[C@@H]1C.C=CC(=O)N1[C@H](C)CN(c2nc(=O)n3c4c(c(-c5ccc(F)cc5F)c(Cl)cc24)SCC(OCCC)C3)C[C@@H]1C. The van der Waals surface area contributed by atoms with Gasteiger partial charge in [0.05, 0.1) is 79.6 Å². The molecule has 3 unspecified atom stereocenters. The van der Waals surface area contributed by atoms with E-state index in [2.05, 4.69) is 39.6 Å². The molecule has 3 saturated heterocycles. The molecule has 0 spiro atoms. The first kappa shape index (κ1) is 90.5. The molecule has 34 heteroatoms. The summed E-state index contributed by atoms with van der Waals surface area (Å²) >= 11 is 37.4. The van der Waals surface area contributed by atoms with E-state index in [0.717, 1.165) is 41.7 Å². The van der Waals surface area contributed by atoms with Gasteiger partial charge in [0, 0.05) is 183 Å². The number of hydrogen-bond donors (Lipinski definition) is 0. The van der Waals surface area contributed by atoms with Crippen molar-refractivity contribution in [3.05, 3.63) is 190 Å². The molecule has 0 saturated carbocycles. The first-order chi connectivity index (χ1) is 57.8. The number of amides is 3. The van der Waals surface area contributed by atoms with Crippen LogP contribution < -0.4 is 31.8 Å². The van der Waals surface area contributed by atoms with Crippen LogP contribution in [-0.4, -0.2) is 192 Å². The number of aromatic nitrogens is 6. The van der Waals surface area contributed by atoms with Crippen molar-refractivity contribution < 1.29 is 50.5 Å². The molecule has 121 heavy (non-hydrogen) atoms. The lowest BCUT2D eigenvalue weighted by atomic mass is 10.0. The molecule has 0 N–H and O–H groups in total. The van der Waals surface area contributed by atoms with Gasteiger partial charge >= 0.3 is 17.1 Å². The zero-order valence-corrected chi connectivity index (χ0v) is 74.4. The average molecular weight is 1820 g/mol. The number of nitrogens with zero attached hydrogens (tertiary/aromatic N) is 12. The largest absolute Gasteiger partial charge is 0.375 e. The van der Waals surface area contributed by atoms with Crippen LogP contribution in [0.2, 0.25) is 25.1 Å². The smallest absolute Gasteiger partial charge is 0.350 e. The fourth-order valence-corrected chi connectivity index (χ4v) is 22.4. The molecule has 3 amide bonds. The summed E-state index contributed by atoms with van der Waals surface area (Å²) in [6, 6.07) is 14.2. The van der Waals surface area contributed by atoms with Crippen LogP contribution in [0.15, 0.2) is 134 Å². The molecule has 3 aromatic heterocycles. The number of benzene rings is 6. The number of thioether (sulfide) groups is 3. The molecule has 9 heterocycles. The third-order valence-electron chi connectivity index (χ3n) is 22.2. The molecule has 6 aliphatic heterocycles. The number of rotatable bonds is 18. The summed E-state index contributed by atoms with van der Waals surface area (Å²) in [5.41, 5.74) is 2.82. The van der Waals surface area contributed by atoms with E-state index in [1.54, 1.807) is 64.4 Å². The van der Waals surface area contributed by atoms with Crippen molar-refractivity contribution in [1.29, 1.82) is 0 Å². The van der Waals surface area contributed by atoms with E-state index < -0.39 is 40.5 Å². The molecular weight excluding hydrogens is 1730 g/mol. The van der Waals surface area contributed by atoms with Crippen LogP contribution >= 0.6 is 93.3 Å². The number of carbonyl (C=O) groups is 3. The maximum absolute atomic E-state index is 15.2. The number of ether oxygens (including phenoxy) is 3. The highest BCUT2D eigenvalue weighted by Gasteiger charge is 2.40. The van der Waals surface area contributed by atoms with E-state index in [4.69, 9.17) is 72.2 Å². The summed E-state index contributed by atoms with van der Waals surface area (Å²) in [6.45, 7) is 33.9. The van der Waals surface area contributed by atoms with Crippen LogP contribution in [0.3, 0.4) is 0 Å². The summed E-state index contributed by atoms with van der Waals surface area (Å²) in [5.74, 6) is -1.06. The van der Waals surface area contributed by atoms with Gasteiger partial charge in [-0.25, -0.2) is 36.3 Å². The van der Waals surface area contributed by atoms with Gasteiger partial charge in [0.1, 0.15) is 46.5 Å². The predicted molar refractivity (Wildman–Crippen MR) is 476 cm³/mol. The second-order valence-electron chi connectivity index (χ2n) is 30.9. The minimum Gasteiger partial charge on any atom is -0.375 e. The van der Waals surface area contributed by atoms with Crippen molar-refractivity contribution in [3.8, 4) is 33.4 Å². The summed E-state index contributed by atoms with van der Waals surface area (Å²) in [4.78, 5) is 105. The number of carbonyl (C=O) groups excluding carboxylic acids is 3. The summed E-state index contributed by atoms with van der Waals surface area (Å²) in [6.07, 6.45) is 5.65. The van der Waals surface area contributed by atoms with Crippen molar-refractivity contribution in [2.45, 2.75) is 170 Å². The Morgan fingerprint density at radius 3 is 1.08 bits per heavy atom. The molecule has 0 bridgehead atoms. The summed E-state index contributed by atoms with van der Waals surface area (Å²) < 4.78 is 95.3. The highest BCUT2D eigenvalue weighted by molar-refractivity contribution is 8.00. The van der Waals surface area contributed by atoms with Crippen LogP contribution in [0.5, 0.6) is 0 Å². The van der Waals surface area contributed by atoms with Gasteiger partial charge in [-0.15, -0.1) is 35.3 Å². The summed E-state index contributed by atoms with van der Waals surface area (Å²) in [7, 11) is 0. The van der Waals surface area contributed by atoms with Gasteiger partial charge in [-0.1, -0.05) is 105 Å². The molecule has 642 valence electrons. The summed E-state index contributed by atoms with van der Waals surface area (Å²) in [5, 5.41) is 2.68. The van der Waals surface area contributed by atoms with Gasteiger partial charge in [0.25, 0.3) is 0 Å². The first-order valence-corrected chi connectivity index (χ1v) is 44.9. The quantitative estimate of drug-likeness (QED) is 0.0445. The Hall–Kier alpha value is -8.20. The number of halogens is 10. The van der Waals surface area contributed by atoms with E-state index in [0.29, 0.717) is 165 Å². The third-order valence-corrected chi connectivity index (χ3v) is 27.3. The molecule has 3 fully saturated rings. The molecule has 21 nitrogen and oxygen atoms in total. The van der Waals surface area contributed by atoms with Gasteiger partial charge in [-0.3, -0.25) is 28.1 Å². The minimum atomic E-state index is -0.878. The van der Waals surface area contributed by atoms with Crippen molar-refractivity contribution >= 4 is 161 Å². The number of hydrogen-bond acceptors (Lipinski definition) is 18. The normalized spacial score (nSPS) is 20.9. The molecule has 0 aliphatic carbocycles. The van der Waals surface area contributed by atoms with Gasteiger partial charge in [0.15, 0.2) is 0 Å². The number of piperazine rings is 3. The Kier molecular flexibility index (Phi) is 28.8. The second kappa shape index (κ2) is 38.5. The Bertz CT molecular complexity index is 5760. The lowest BCUT2D eigenvalue weighted by Gasteiger charge is -2.44. The van der Waals surface area contributed by atoms with E-state index in [1.807, 2.05) is 78.2 Å². The van der Waals surface area contributed by atoms with Crippen LogP contribution in [0.4, 0.5) is 39.4 Å². The van der Waals surface area contributed by atoms with Crippen LogP contribution in [0.25, 0.3) is 66.1 Å². The highest BCUT2D eigenvalue weighted by Crippen LogP contribution is 2.51. The van der Waals surface area contributed by atoms with Gasteiger partial charge in [0.2, 0.25) is 17.7 Å². The van der Waals surface area contributed by atoms with E-state index in [9.17, 15) is 41.9 Å². The van der Waals surface area contributed by atoms with Crippen molar-refractivity contribution in [3.63, 3.8) is 0 Å². The maximum Gasteiger partial charge on any atom is 0.350 e. The average Bonchev–Trinajstić information content (AvgIpc) is 1.72.